The van der Waals surface area contributed by atoms with Crippen LogP contribution in [0.15, 0.2) is 72.8 Å². The van der Waals surface area contributed by atoms with Crippen molar-refractivity contribution >= 4 is 11.6 Å². The van der Waals surface area contributed by atoms with Crippen LogP contribution in [-0.4, -0.2) is 17.6 Å². The Labute approximate surface area is 158 Å². The molecule has 0 spiro atoms. The van der Waals surface area contributed by atoms with E-state index in [2.05, 4.69) is 5.32 Å². The van der Waals surface area contributed by atoms with Crippen LogP contribution in [0, 0.1) is 0 Å². The standard InChI is InChI=1S/C22H21NO4/c1-2-26-18-11-13-19(14-12-18)27-21-6-4-3-5-20(21)23-22(25)15-16-7-9-17(24)10-8-16/h3-14,24H,2,15H2,1H3,(H,23,25). The third-order valence-corrected chi connectivity index (χ3v) is 3.82. The molecule has 0 bridgehead atoms. The predicted molar refractivity (Wildman–Crippen MR) is 105 cm³/mol. The monoisotopic (exact) mass is 363 g/mol. The van der Waals surface area contributed by atoms with Gasteiger partial charge in [-0.1, -0.05) is 24.3 Å². The van der Waals surface area contributed by atoms with Crippen LogP contribution in [0.2, 0.25) is 0 Å². The van der Waals surface area contributed by atoms with Crippen molar-refractivity contribution in [2.24, 2.45) is 0 Å². The molecule has 0 radical (unpaired) electrons. The van der Waals surface area contributed by atoms with E-state index >= 15 is 0 Å². The fourth-order valence-electron chi connectivity index (χ4n) is 2.55. The molecule has 0 saturated heterocycles. The Balaban J connectivity index is 1.67. The number of benzene rings is 3. The van der Waals surface area contributed by atoms with Gasteiger partial charge in [-0.2, -0.15) is 0 Å². The number of aromatic hydroxyl groups is 1. The van der Waals surface area contributed by atoms with Crippen molar-refractivity contribution in [1.29, 1.82) is 0 Å². The molecule has 0 unspecified atom stereocenters. The molecular weight excluding hydrogens is 342 g/mol. The summed E-state index contributed by atoms with van der Waals surface area (Å²) < 4.78 is 11.3. The van der Waals surface area contributed by atoms with Crippen LogP contribution in [0.3, 0.4) is 0 Å². The number of amides is 1. The van der Waals surface area contributed by atoms with Gasteiger partial charge in [-0.15, -0.1) is 0 Å². The summed E-state index contributed by atoms with van der Waals surface area (Å²) in [5, 5.41) is 12.2. The number of carbonyl (C=O) groups excluding carboxylic acids is 1. The molecule has 138 valence electrons. The summed E-state index contributed by atoms with van der Waals surface area (Å²) in [5.74, 6) is 2.00. The van der Waals surface area contributed by atoms with Gasteiger partial charge in [0.05, 0.1) is 18.7 Å². The van der Waals surface area contributed by atoms with E-state index in [0.717, 1.165) is 11.3 Å². The largest absolute Gasteiger partial charge is 0.508 e. The van der Waals surface area contributed by atoms with E-state index in [9.17, 15) is 9.90 Å². The van der Waals surface area contributed by atoms with Gasteiger partial charge in [-0.3, -0.25) is 4.79 Å². The average Bonchev–Trinajstić information content (AvgIpc) is 2.67. The van der Waals surface area contributed by atoms with Crippen molar-refractivity contribution in [2.75, 3.05) is 11.9 Å². The van der Waals surface area contributed by atoms with Gasteiger partial charge in [0.15, 0.2) is 5.75 Å². The maximum Gasteiger partial charge on any atom is 0.228 e. The summed E-state index contributed by atoms with van der Waals surface area (Å²) in [6.45, 7) is 2.54. The Hall–Kier alpha value is -3.47. The van der Waals surface area contributed by atoms with Crippen LogP contribution in [0.1, 0.15) is 12.5 Å². The fourth-order valence-corrected chi connectivity index (χ4v) is 2.55. The number of anilines is 1. The summed E-state index contributed by atoms with van der Waals surface area (Å²) >= 11 is 0. The normalized spacial score (nSPS) is 10.3. The van der Waals surface area contributed by atoms with E-state index in [1.807, 2.05) is 43.3 Å². The topological polar surface area (TPSA) is 67.8 Å². The Morgan fingerprint density at radius 2 is 1.59 bits per heavy atom. The lowest BCUT2D eigenvalue weighted by Crippen LogP contribution is -2.14. The van der Waals surface area contributed by atoms with Crippen molar-refractivity contribution in [3.8, 4) is 23.0 Å². The Morgan fingerprint density at radius 3 is 2.30 bits per heavy atom. The van der Waals surface area contributed by atoms with Gasteiger partial charge in [-0.05, 0) is 61.0 Å². The molecule has 3 aromatic rings. The Kier molecular flexibility index (Phi) is 5.94. The number of ether oxygens (including phenoxy) is 2. The maximum atomic E-state index is 12.3. The zero-order valence-corrected chi connectivity index (χ0v) is 15.0. The molecule has 0 aliphatic carbocycles. The third-order valence-electron chi connectivity index (χ3n) is 3.82. The van der Waals surface area contributed by atoms with E-state index < -0.39 is 0 Å². The lowest BCUT2D eigenvalue weighted by Gasteiger charge is -2.13. The second-order valence-electron chi connectivity index (χ2n) is 5.89. The highest BCUT2D eigenvalue weighted by atomic mass is 16.5. The summed E-state index contributed by atoms with van der Waals surface area (Å²) in [5.41, 5.74) is 1.41. The van der Waals surface area contributed by atoms with E-state index in [4.69, 9.17) is 9.47 Å². The van der Waals surface area contributed by atoms with Crippen LogP contribution in [0.25, 0.3) is 0 Å². The molecule has 5 heteroatoms. The molecule has 2 N–H and O–H groups in total. The summed E-state index contributed by atoms with van der Waals surface area (Å²) in [6.07, 6.45) is 0.206. The van der Waals surface area contributed by atoms with E-state index in [1.54, 1.807) is 36.4 Å². The number of phenolic OH excluding ortho intramolecular Hbond substituents is 1. The molecule has 0 atom stereocenters. The molecule has 3 aromatic carbocycles. The van der Waals surface area contributed by atoms with Crippen molar-refractivity contribution in [1.82, 2.24) is 0 Å². The molecule has 0 aromatic heterocycles. The summed E-state index contributed by atoms with van der Waals surface area (Å²) in [4.78, 5) is 12.3. The molecule has 3 rings (SSSR count). The maximum absolute atomic E-state index is 12.3. The van der Waals surface area contributed by atoms with Gasteiger partial charge < -0.3 is 19.9 Å². The highest BCUT2D eigenvalue weighted by Gasteiger charge is 2.09. The number of carbonyl (C=O) groups is 1. The average molecular weight is 363 g/mol. The lowest BCUT2D eigenvalue weighted by atomic mass is 10.1. The number of hydrogen-bond donors (Lipinski definition) is 2. The van der Waals surface area contributed by atoms with Gasteiger partial charge in [-0.25, -0.2) is 0 Å². The first kappa shape index (κ1) is 18.3. The van der Waals surface area contributed by atoms with Crippen molar-refractivity contribution in [3.63, 3.8) is 0 Å². The number of rotatable bonds is 7. The lowest BCUT2D eigenvalue weighted by molar-refractivity contribution is -0.115. The van der Waals surface area contributed by atoms with Crippen LogP contribution in [0.4, 0.5) is 5.69 Å². The van der Waals surface area contributed by atoms with E-state index in [1.165, 1.54) is 0 Å². The van der Waals surface area contributed by atoms with Gasteiger partial charge in [0.1, 0.15) is 17.2 Å². The molecule has 5 nitrogen and oxygen atoms in total. The Morgan fingerprint density at radius 1 is 0.926 bits per heavy atom. The van der Waals surface area contributed by atoms with Crippen molar-refractivity contribution in [3.05, 3.63) is 78.4 Å². The molecule has 0 aliphatic heterocycles. The third kappa shape index (κ3) is 5.25. The minimum atomic E-state index is -0.163. The van der Waals surface area contributed by atoms with Crippen LogP contribution < -0.4 is 14.8 Å². The minimum Gasteiger partial charge on any atom is -0.508 e. The summed E-state index contributed by atoms with van der Waals surface area (Å²) in [7, 11) is 0. The second kappa shape index (κ2) is 8.76. The zero-order chi connectivity index (χ0) is 19.1. The highest BCUT2D eigenvalue weighted by molar-refractivity contribution is 5.93. The van der Waals surface area contributed by atoms with Gasteiger partial charge in [0, 0.05) is 0 Å². The minimum absolute atomic E-state index is 0.163. The summed E-state index contributed by atoms with van der Waals surface area (Å²) in [6, 6.07) is 21.1. The molecule has 0 heterocycles. The molecule has 0 fully saturated rings. The van der Waals surface area contributed by atoms with Gasteiger partial charge in [0.2, 0.25) is 5.91 Å². The van der Waals surface area contributed by atoms with Crippen LogP contribution >= 0.6 is 0 Å². The predicted octanol–water partition coefficient (Wildman–Crippen LogP) is 4.76. The molecule has 27 heavy (non-hydrogen) atoms. The highest BCUT2D eigenvalue weighted by Crippen LogP contribution is 2.30. The first-order valence-electron chi connectivity index (χ1n) is 8.71. The first-order chi connectivity index (χ1) is 13.1. The first-order valence-corrected chi connectivity index (χ1v) is 8.71. The zero-order valence-electron chi connectivity index (χ0n) is 15.0. The van der Waals surface area contributed by atoms with E-state index in [-0.39, 0.29) is 18.1 Å². The van der Waals surface area contributed by atoms with Crippen LogP contribution in [-0.2, 0) is 11.2 Å². The smallest absolute Gasteiger partial charge is 0.228 e. The van der Waals surface area contributed by atoms with Crippen molar-refractivity contribution in [2.45, 2.75) is 13.3 Å². The quantitative estimate of drug-likeness (QED) is 0.635. The van der Waals surface area contributed by atoms with Crippen LogP contribution in [0.5, 0.6) is 23.0 Å². The molecule has 0 aliphatic rings. The van der Waals surface area contributed by atoms with Gasteiger partial charge in [0.25, 0.3) is 0 Å². The second-order valence-corrected chi connectivity index (χ2v) is 5.89. The molecular formula is C22H21NO4. The van der Waals surface area contributed by atoms with Crippen molar-refractivity contribution < 1.29 is 19.4 Å². The number of phenols is 1. The number of nitrogens with one attached hydrogen (secondary N) is 1. The van der Waals surface area contributed by atoms with Gasteiger partial charge >= 0.3 is 0 Å². The molecule has 1 amide bonds. The SMILES string of the molecule is CCOc1ccc(Oc2ccccc2NC(=O)Cc2ccc(O)cc2)cc1. The number of hydrogen-bond acceptors (Lipinski definition) is 4. The Bertz CT molecular complexity index is 889. The fraction of sp³-hybridized carbons (Fsp3) is 0.136. The van der Waals surface area contributed by atoms with E-state index in [0.29, 0.717) is 23.8 Å². The molecule has 0 saturated carbocycles. The number of para-hydroxylation sites is 2.